The predicted octanol–water partition coefficient (Wildman–Crippen LogP) is 0.246. The Morgan fingerprint density at radius 2 is 2.21 bits per heavy atom. The average molecular weight is 197 g/mol. The number of aromatic amines is 1. The summed E-state index contributed by atoms with van der Waals surface area (Å²) in [5.41, 5.74) is -0.283. The Kier molecular flexibility index (Phi) is 2.85. The molecule has 6 heteroatoms. The fourth-order valence-corrected chi connectivity index (χ4v) is 0.960. The quantitative estimate of drug-likeness (QED) is 0.647. The summed E-state index contributed by atoms with van der Waals surface area (Å²) < 4.78 is 0. The number of nitrogens with one attached hydrogen (secondary N) is 2. The Bertz CT molecular complexity index is 356. The van der Waals surface area contributed by atoms with Gasteiger partial charge in [-0.3, -0.25) is 4.79 Å². The highest BCUT2D eigenvalue weighted by Crippen LogP contribution is 2.02. The Hall–Kier alpha value is -1.85. The van der Waals surface area contributed by atoms with Crippen LogP contribution in [0.4, 0.5) is 0 Å². The molecule has 14 heavy (non-hydrogen) atoms. The number of carboxylic acids is 1. The van der Waals surface area contributed by atoms with E-state index in [1.807, 2.05) is 0 Å². The molecule has 0 atom stereocenters. The zero-order valence-electron chi connectivity index (χ0n) is 7.87. The van der Waals surface area contributed by atoms with Crippen molar-refractivity contribution < 1.29 is 14.7 Å². The van der Waals surface area contributed by atoms with E-state index in [-0.39, 0.29) is 17.4 Å². The van der Waals surface area contributed by atoms with E-state index >= 15 is 0 Å². The SMILES string of the molecule is CC(C)NC(=O)c1nc[nH]c1C(=O)O. The molecule has 0 aliphatic carbocycles. The van der Waals surface area contributed by atoms with Crippen LogP contribution in [-0.2, 0) is 0 Å². The van der Waals surface area contributed by atoms with Crippen LogP contribution in [0, 0.1) is 0 Å². The molecule has 0 radical (unpaired) electrons. The van der Waals surface area contributed by atoms with Crippen molar-refractivity contribution in [2.75, 3.05) is 0 Å². The van der Waals surface area contributed by atoms with Gasteiger partial charge in [0.15, 0.2) is 11.4 Å². The first-order valence-corrected chi connectivity index (χ1v) is 4.10. The maximum atomic E-state index is 11.4. The van der Waals surface area contributed by atoms with Gasteiger partial charge in [-0.1, -0.05) is 0 Å². The highest BCUT2D eigenvalue weighted by atomic mass is 16.4. The molecule has 1 rings (SSSR count). The Labute approximate surface area is 80.4 Å². The van der Waals surface area contributed by atoms with Gasteiger partial charge in [0, 0.05) is 6.04 Å². The number of amides is 1. The van der Waals surface area contributed by atoms with E-state index < -0.39 is 11.9 Å². The molecule has 0 fully saturated rings. The summed E-state index contributed by atoms with van der Waals surface area (Å²) in [6.45, 7) is 3.57. The molecule has 0 saturated carbocycles. The standard InChI is InChI=1S/C8H11N3O3/c1-4(2)11-7(12)5-6(8(13)14)10-3-9-5/h3-4H,1-2H3,(H,9,10)(H,11,12)(H,13,14). The molecule has 3 N–H and O–H groups in total. The van der Waals surface area contributed by atoms with Gasteiger partial charge in [-0.2, -0.15) is 0 Å². The van der Waals surface area contributed by atoms with Gasteiger partial charge >= 0.3 is 5.97 Å². The molecular formula is C8H11N3O3. The van der Waals surface area contributed by atoms with Gasteiger partial charge in [0.25, 0.3) is 5.91 Å². The van der Waals surface area contributed by atoms with E-state index in [1.54, 1.807) is 13.8 Å². The minimum Gasteiger partial charge on any atom is -0.477 e. The van der Waals surface area contributed by atoms with Crippen molar-refractivity contribution in [1.29, 1.82) is 0 Å². The van der Waals surface area contributed by atoms with Crippen LogP contribution in [0.1, 0.15) is 34.8 Å². The zero-order chi connectivity index (χ0) is 10.7. The average Bonchev–Trinajstić information content (AvgIpc) is 2.49. The maximum Gasteiger partial charge on any atom is 0.354 e. The van der Waals surface area contributed by atoms with Crippen LogP contribution in [0.2, 0.25) is 0 Å². The second kappa shape index (κ2) is 3.91. The molecular weight excluding hydrogens is 186 g/mol. The van der Waals surface area contributed by atoms with Crippen molar-refractivity contribution in [2.45, 2.75) is 19.9 Å². The first-order chi connectivity index (χ1) is 6.52. The number of carboxylic acid groups (broad SMARTS) is 1. The minimum atomic E-state index is -1.20. The molecule has 1 aromatic rings. The van der Waals surface area contributed by atoms with Crippen LogP contribution in [-0.4, -0.2) is 33.0 Å². The summed E-state index contributed by atoms with van der Waals surface area (Å²) in [4.78, 5) is 28.0. The molecule has 0 aliphatic rings. The number of aromatic carboxylic acids is 1. The lowest BCUT2D eigenvalue weighted by atomic mass is 10.3. The lowest BCUT2D eigenvalue weighted by Crippen LogP contribution is -2.31. The molecule has 6 nitrogen and oxygen atoms in total. The highest BCUT2D eigenvalue weighted by Gasteiger charge is 2.19. The van der Waals surface area contributed by atoms with E-state index in [9.17, 15) is 9.59 Å². The smallest absolute Gasteiger partial charge is 0.354 e. The molecule has 0 aromatic carbocycles. The van der Waals surface area contributed by atoms with Gasteiger partial charge in [-0.15, -0.1) is 0 Å². The molecule has 0 spiro atoms. The number of hydrogen-bond acceptors (Lipinski definition) is 3. The fourth-order valence-electron chi connectivity index (χ4n) is 0.960. The number of hydrogen-bond donors (Lipinski definition) is 3. The van der Waals surface area contributed by atoms with E-state index in [4.69, 9.17) is 5.11 Å². The molecule has 0 bridgehead atoms. The number of imidazole rings is 1. The van der Waals surface area contributed by atoms with Crippen molar-refractivity contribution in [2.24, 2.45) is 0 Å². The van der Waals surface area contributed by atoms with Crippen LogP contribution in [0.25, 0.3) is 0 Å². The van der Waals surface area contributed by atoms with Crippen molar-refractivity contribution in [3.63, 3.8) is 0 Å². The normalized spacial score (nSPS) is 10.2. The first-order valence-electron chi connectivity index (χ1n) is 4.10. The lowest BCUT2D eigenvalue weighted by molar-refractivity contribution is 0.0684. The fraction of sp³-hybridized carbons (Fsp3) is 0.375. The number of carbonyl (C=O) groups is 2. The van der Waals surface area contributed by atoms with Gasteiger partial charge < -0.3 is 15.4 Å². The van der Waals surface area contributed by atoms with Crippen LogP contribution in [0.3, 0.4) is 0 Å². The highest BCUT2D eigenvalue weighted by molar-refractivity contribution is 6.02. The molecule has 1 amide bonds. The van der Waals surface area contributed by atoms with Crippen LogP contribution >= 0.6 is 0 Å². The molecule has 1 heterocycles. The number of H-pyrrole nitrogens is 1. The maximum absolute atomic E-state index is 11.4. The molecule has 0 unspecified atom stereocenters. The van der Waals surface area contributed by atoms with E-state index in [0.717, 1.165) is 0 Å². The zero-order valence-corrected chi connectivity index (χ0v) is 7.87. The third kappa shape index (κ3) is 2.09. The van der Waals surface area contributed by atoms with Crippen LogP contribution in [0.5, 0.6) is 0 Å². The Balaban J connectivity index is 2.90. The van der Waals surface area contributed by atoms with Crippen molar-refractivity contribution in [1.82, 2.24) is 15.3 Å². The summed E-state index contributed by atoms with van der Waals surface area (Å²) in [5, 5.41) is 11.2. The van der Waals surface area contributed by atoms with Crippen molar-refractivity contribution >= 4 is 11.9 Å². The molecule has 0 aliphatic heterocycles. The number of rotatable bonds is 3. The Morgan fingerprint density at radius 3 is 2.71 bits per heavy atom. The summed E-state index contributed by atoms with van der Waals surface area (Å²) >= 11 is 0. The molecule has 0 saturated heterocycles. The van der Waals surface area contributed by atoms with Crippen LogP contribution in [0.15, 0.2) is 6.33 Å². The monoisotopic (exact) mass is 197 g/mol. The van der Waals surface area contributed by atoms with Crippen molar-refractivity contribution in [3.8, 4) is 0 Å². The van der Waals surface area contributed by atoms with Crippen LogP contribution < -0.4 is 5.32 Å². The number of nitrogens with zero attached hydrogens (tertiary/aromatic N) is 1. The first kappa shape index (κ1) is 10.2. The topological polar surface area (TPSA) is 95.1 Å². The lowest BCUT2D eigenvalue weighted by Gasteiger charge is -2.06. The summed E-state index contributed by atoms with van der Waals surface area (Å²) in [6, 6.07) is -0.0548. The van der Waals surface area contributed by atoms with Gasteiger partial charge in [-0.25, -0.2) is 9.78 Å². The van der Waals surface area contributed by atoms with Gasteiger partial charge in [0.2, 0.25) is 0 Å². The van der Waals surface area contributed by atoms with Gasteiger partial charge in [0.05, 0.1) is 6.33 Å². The molecule has 1 aromatic heterocycles. The van der Waals surface area contributed by atoms with E-state index in [2.05, 4.69) is 15.3 Å². The summed E-state index contributed by atoms with van der Waals surface area (Å²) in [7, 11) is 0. The van der Waals surface area contributed by atoms with Gasteiger partial charge in [0.1, 0.15) is 0 Å². The molecule has 76 valence electrons. The predicted molar refractivity (Wildman–Crippen MR) is 48.1 cm³/mol. The second-order valence-electron chi connectivity index (χ2n) is 3.06. The summed E-state index contributed by atoms with van der Waals surface area (Å²) in [5.74, 6) is -1.69. The minimum absolute atomic E-state index is 0.0548. The van der Waals surface area contributed by atoms with Crippen molar-refractivity contribution in [3.05, 3.63) is 17.7 Å². The number of carbonyl (C=O) groups excluding carboxylic acids is 1. The Morgan fingerprint density at radius 1 is 1.57 bits per heavy atom. The third-order valence-electron chi connectivity index (χ3n) is 1.49. The summed E-state index contributed by atoms with van der Waals surface area (Å²) in [6.07, 6.45) is 1.18. The third-order valence-corrected chi connectivity index (χ3v) is 1.49. The second-order valence-corrected chi connectivity index (χ2v) is 3.06. The van der Waals surface area contributed by atoms with E-state index in [1.165, 1.54) is 6.33 Å². The van der Waals surface area contributed by atoms with E-state index in [0.29, 0.717) is 0 Å². The number of aromatic nitrogens is 2. The van der Waals surface area contributed by atoms with Gasteiger partial charge in [-0.05, 0) is 13.8 Å². The largest absolute Gasteiger partial charge is 0.477 e.